The molecule has 5 nitrogen and oxygen atoms in total. The van der Waals surface area contributed by atoms with E-state index in [0.29, 0.717) is 18.7 Å². The van der Waals surface area contributed by atoms with Crippen molar-refractivity contribution < 1.29 is 9.18 Å². The molecular weight excluding hydrogens is 271 g/mol. The van der Waals surface area contributed by atoms with Crippen molar-refractivity contribution in [3.63, 3.8) is 0 Å². The van der Waals surface area contributed by atoms with E-state index in [0.717, 1.165) is 25.0 Å². The van der Waals surface area contributed by atoms with Gasteiger partial charge in [0.1, 0.15) is 5.82 Å². The van der Waals surface area contributed by atoms with Crippen molar-refractivity contribution >= 4 is 11.6 Å². The zero-order valence-electron chi connectivity index (χ0n) is 11.4. The molecule has 3 rings (SSSR count). The summed E-state index contributed by atoms with van der Waals surface area (Å²) in [5.41, 5.74) is 1.35. The second-order valence-corrected chi connectivity index (χ2v) is 4.88. The first-order chi connectivity index (χ1) is 10.2. The zero-order chi connectivity index (χ0) is 14.7. The minimum atomic E-state index is -0.491. The monoisotopic (exact) mass is 286 g/mol. The molecule has 2 aromatic rings. The third kappa shape index (κ3) is 2.99. The lowest BCUT2D eigenvalue weighted by molar-refractivity contribution is 0.0746. The molecule has 0 radical (unpaired) electrons. The van der Waals surface area contributed by atoms with Crippen LogP contribution < -0.4 is 4.90 Å². The molecular formula is C15H15FN4O. The Morgan fingerprint density at radius 3 is 2.57 bits per heavy atom. The Labute approximate surface area is 122 Å². The number of hydrogen-bond donors (Lipinski definition) is 0. The molecule has 6 heteroatoms. The fourth-order valence-corrected chi connectivity index (χ4v) is 2.42. The summed E-state index contributed by atoms with van der Waals surface area (Å²) in [7, 11) is 0. The highest BCUT2D eigenvalue weighted by Crippen LogP contribution is 2.15. The molecule has 0 saturated carbocycles. The van der Waals surface area contributed by atoms with Crippen LogP contribution in [0, 0.1) is 5.82 Å². The number of rotatable bonds is 2. The number of carbonyl (C=O) groups excluding carboxylic acids is 1. The van der Waals surface area contributed by atoms with Crippen LogP contribution in [0.4, 0.5) is 10.1 Å². The summed E-state index contributed by atoms with van der Waals surface area (Å²) in [6.45, 7) is 2.68. The molecule has 0 unspecified atom stereocenters. The van der Waals surface area contributed by atoms with Crippen LogP contribution in [0.25, 0.3) is 0 Å². The van der Waals surface area contributed by atoms with Crippen LogP contribution in [-0.2, 0) is 0 Å². The Kier molecular flexibility index (Phi) is 3.77. The van der Waals surface area contributed by atoms with Crippen molar-refractivity contribution in [1.82, 2.24) is 14.9 Å². The van der Waals surface area contributed by atoms with E-state index in [1.807, 2.05) is 18.3 Å². The van der Waals surface area contributed by atoms with Crippen molar-refractivity contribution in [3.8, 4) is 0 Å². The number of amides is 1. The molecule has 2 aromatic heterocycles. The topological polar surface area (TPSA) is 49.3 Å². The van der Waals surface area contributed by atoms with E-state index in [1.165, 1.54) is 12.3 Å². The number of pyridine rings is 2. The minimum absolute atomic E-state index is 0.173. The molecule has 108 valence electrons. The quantitative estimate of drug-likeness (QED) is 0.841. The van der Waals surface area contributed by atoms with Crippen molar-refractivity contribution in [3.05, 3.63) is 54.4 Å². The summed E-state index contributed by atoms with van der Waals surface area (Å²) in [4.78, 5) is 24.0. The summed E-state index contributed by atoms with van der Waals surface area (Å²) in [6.07, 6.45) is 6.05. The number of nitrogens with zero attached hydrogens (tertiary/aromatic N) is 4. The maximum absolute atomic E-state index is 13.1. The Bertz CT molecular complexity index is 627. The highest BCUT2D eigenvalue weighted by atomic mass is 19.1. The van der Waals surface area contributed by atoms with Crippen LogP contribution in [0.3, 0.4) is 0 Å². The fourth-order valence-electron chi connectivity index (χ4n) is 2.42. The largest absolute Gasteiger partial charge is 0.367 e. The van der Waals surface area contributed by atoms with E-state index < -0.39 is 5.82 Å². The average molecular weight is 286 g/mol. The number of aromatic nitrogens is 2. The van der Waals surface area contributed by atoms with Gasteiger partial charge in [-0.25, -0.2) is 4.39 Å². The second kappa shape index (κ2) is 5.87. The Morgan fingerprint density at radius 1 is 1.10 bits per heavy atom. The smallest absolute Gasteiger partial charge is 0.255 e. The van der Waals surface area contributed by atoms with Crippen LogP contribution in [0.15, 0.2) is 43.0 Å². The molecule has 3 heterocycles. The molecule has 0 N–H and O–H groups in total. The maximum Gasteiger partial charge on any atom is 0.255 e. The fraction of sp³-hybridized carbons (Fsp3) is 0.267. The standard InChI is InChI=1S/C15H15FN4O/c16-13-8-12(9-18-10-13)15(21)20-6-4-19(5-7-20)14-2-1-3-17-11-14/h1-3,8-11H,4-7H2. The van der Waals surface area contributed by atoms with Crippen LogP contribution >= 0.6 is 0 Å². The van der Waals surface area contributed by atoms with Gasteiger partial charge in [-0.15, -0.1) is 0 Å². The molecule has 0 atom stereocenters. The lowest BCUT2D eigenvalue weighted by atomic mass is 10.2. The average Bonchev–Trinajstić information content (AvgIpc) is 2.55. The molecule has 1 saturated heterocycles. The predicted molar refractivity (Wildman–Crippen MR) is 76.5 cm³/mol. The lowest BCUT2D eigenvalue weighted by Gasteiger charge is -2.35. The molecule has 0 bridgehead atoms. The summed E-state index contributed by atoms with van der Waals surface area (Å²) in [5, 5.41) is 0. The van der Waals surface area contributed by atoms with Gasteiger partial charge in [0.15, 0.2) is 0 Å². The molecule has 1 aliphatic rings. The number of hydrogen-bond acceptors (Lipinski definition) is 4. The first kappa shape index (κ1) is 13.5. The second-order valence-electron chi connectivity index (χ2n) is 4.88. The van der Waals surface area contributed by atoms with Gasteiger partial charge in [0, 0.05) is 38.6 Å². The van der Waals surface area contributed by atoms with E-state index in [1.54, 1.807) is 11.1 Å². The van der Waals surface area contributed by atoms with Gasteiger partial charge in [0.2, 0.25) is 0 Å². The van der Waals surface area contributed by atoms with Crippen LogP contribution in [0.5, 0.6) is 0 Å². The highest BCUT2D eigenvalue weighted by molar-refractivity contribution is 5.94. The number of halogens is 1. The van der Waals surface area contributed by atoms with Crippen LogP contribution in [0.1, 0.15) is 10.4 Å². The maximum atomic E-state index is 13.1. The van der Waals surface area contributed by atoms with Gasteiger partial charge in [-0.2, -0.15) is 0 Å². The zero-order valence-corrected chi connectivity index (χ0v) is 11.4. The molecule has 1 amide bonds. The highest BCUT2D eigenvalue weighted by Gasteiger charge is 2.22. The third-order valence-electron chi connectivity index (χ3n) is 3.53. The van der Waals surface area contributed by atoms with E-state index in [9.17, 15) is 9.18 Å². The van der Waals surface area contributed by atoms with Crippen molar-refractivity contribution in [2.24, 2.45) is 0 Å². The van der Waals surface area contributed by atoms with Gasteiger partial charge in [-0.05, 0) is 18.2 Å². The Hall–Kier alpha value is -2.50. The Balaban J connectivity index is 1.64. The number of anilines is 1. The van der Waals surface area contributed by atoms with E-state index >= 15 is 0 Å². The van der Waals surface area contributed by atoms with Gasteiger partial charge in [0.25, 0.3) is 5.91 Å². The van der Waals surface area contributed by atoms with Crippen molar-refractivity contribution in [2.75, 3.05) is 31.1 Å². The number of carbonyl (C=O) groups is 1. The molecule has 21 heavy (non-hydrogen) atoms. The van der Waals surface area contributed by atoms with E-state index in [4.69, 9.17) is 0 Å². The first-order valence-corrected chi connectivity index (χ1v) is 6.79. The Morgan fingerprint density at radius 2 is 1.90 bits per heavy atom. The summed E-state index contributed by atoms with van der Waals surface area (Å²) in [5.74, 6) is -0.664. The van der Waals surface area contributed by atoms with Gasteiger partial charge < -0.3 is 9.80 Å². The molecule has 0 aromatic carbocycles. The van der Waals surface area contributed by atoms with Gasteiger partial charge in [-0.1, -0.05) is 0 Å². The van der Waals surface area contributed by atoms with Gasteiger partial charge in [0.05, 0.1) is 23.6 Å². The predicted octanol–water partition coefficient (Wildman–Crippen LogP) is 1.58. The first-order valence-electron chi connectivity index (χ1n) is 6.79. The lowest BCUT2D eigenvalue weighted by Crippen LogP contribution is -2.48. The van der Waals surface area contributed by atoms with Crippen molar-refractivity contribution in [1.29, 1.82) is 0 Å². The summed E-state index contributed by atoms with van der Waals surface area (Å²) in [6, 6.07) is 5.12. The van der Waals surface area contributed by atoms with Gasteiger partial charge >= 0.3 is 0 Å². The van der Waals surface area contributed by atoms with Crippen LogP contribution in [-0.4, -0.2) is 47.0 Å². The summed E-state index contributed by atoms with van der Waals surface area (Å²) < 4.78 is 13.1. The van der Waals surface area contributed by atoms with Crippen molar-refractivity contribution in [2.45, 2.75) is 0 Å². The van der Waals surface area contributed by atoms with E-state index in [2.05, 4.69) is 14.9 Å². The SMILES string of the molecule is O=C(c1cncc(F)c1)N1CCN(c2cccnc2)CC1. The third-order valence-corrected chi connectivity index (χ3v) is 3.53. The normalized spacial score (nSPS) is 15.1. The summed E-state index contributed by atoms with van der Waals surface area (Å²) >= 11 is 0. The number of piperazine rings is 1. The molecule has 1 fully saturated rings. The van der Waals surface area contributed by atoms with E-state index in [-0.39, 0.29) is 5.91 Å². The minimum Gasteiger partial charge on any atom is -0.367 e. The molecule has 1 aliphatic heterocycles. The molecule has 0 aliphatic carbocycles. The van der Waals surface area contributed by atoms with Crippen LogP contribution in [0.2, 0.25) is 0 Å². The van der Waals surface area contributed by atoms with Gasteiger partial charge in [-0.3, -0.25) is 14.8 Å². The molecule has 0 spiro atoms.